The summed E-state index contributed by atoms with van der Waals surface area (Å²) in [5, 5.41) is 7.03. The lowest BCUT2D eigenvalue weighted by Gasteiger charge is -2.43. The maximum absolute atomic E-state index is 6.91. The Balaban J connectivity index is 2.06. The van der Waals surface area contributed by atoms with Gasteiger partial charge in [-0.15, -0.1) is 0 Å². The number of nitrogens with one attached hydrogen (secondary N) is 1. The highest BCUT2D eigenvalue weighted by Crippen LogP contribution is 2.36. The Morgan fingerprint density at radius 1 is 1.00 bits per heavy atom. The Kier molecular flexibility index (Phi) is 5.49. The van der Waals surface area contributed by atoms with Crippen molar-refractivity contribution in [3.63, 3.8) is 0 Å². The van der Waals surface area contributed by atoms with E-state index >= 15 is 0 Å². The van der Waals surface area contributed by atoms with Crippen LogP contribution in [0.25, 0.3) is 0 Å². The van der Waals surface area contributed by atoms with Crippen molar-refractivity contribution in [2.45, 2.75) is 32.7 Å². The molecular weight excluding hydrogens is 338 g/mol. The summed E-state index contributed by atoms with van der Waals surface area (Å²) >= 11 is 0. The Hall–Kier alpha value is -2.11. The number of amidine groups is 1. The zero-order chi connectivity index (χ0) is 18.6. The SMILES string of the molecule is CCN1CNN=C1CO[Si](c1ccccc1)(c1ccccc1)C(C)(C)C. The van der Waals surface area contributed by atoms with Gasteiger partial charge in [-0.25, -0.2) is 0 Å². The highest BCUT2D eigenvalue weighted by Gasteiger charge is 2.50. The maximum atomic E-state index is 6.91. The number of benzene rings is 2. The van der Waals surface area contributed by atoms with Crippen molar-refractivity contribution < 1.29 is 4.43 Å². The van der Waals surface area contributed by atoms with Crippen LogP contribution in [0.3, 0.4) is 0 Å². The van der Waals surface area contributed by atoms with Crippen molar-refractivity contribution in [2.24, 2.45) is 5.10 Å². The monoisotopic (exact) mass is 367 g/mol. The first-order valence-electron chi connectivity index (χ1n) is 9.28. The number of rotatable bonds is 6. The molecule has 0 amide bonds. The van der Waals surface area contributed by atoms with Gasteiger partial charge in [-0.05, 0) is 22.3 Å². The first-order chi connectivity index (χ1) is 12.5. The number of nitrogens with zero attached hydrogens (tertiary/aromatic N) is 2. The molecule has 138 valence electrons. The topological polar surface area (TPSA) is 36.9 Å². The van der Waals surface area contributed by atoms with Crippen molar-refractivity contribution >= 4 is 24.5 Å². The van der Waals surface area contributed by atoms with Crippen molar-refractivity contribution in [3.8, 4) is 0 Å². The van der Waals surface area contributed by atoms with E-state index in [4.69, 9.17) is 4.43 Å². The minimum absolute atomic E-state index is 0.0145. The van der Waals surface area contributed by atoms with E-state index < -0.39 is 8.32 Å². The summed E-state index contributed by atoms with van der Waals surface area (Å²) in [6.45, 7) is 11.2. The summed E-state index contributed by atoms with van der Waals surface area (Å²) in [6.07, 6.45) is 0. The summed E-state index contributed by atoms with van der Waals surface area (Å²) in [5.74, 6) is 0.987. The van der Waals surface area contributed by atoms with Crippen LogP contribution in [0.4, 0.5) is 0 Å². The molecule has 0 aliphatic carbocycles. The largest absolute Gasteiger partial charge is 0.400 e. The summed E-state index contributed by atoms with van der Waals surface area (Å²) in [6, 6.07) is 21.5. The van der Waals surface area contributed by atoms with Gasteiger partial charge < -0.3 is 9.33 Å². The van der Waals surface area contributed by atoms with E-state index in [1.807, 2.05) is 0 Å². The van der Waals surface area contributed by atoms with E-state index in [2.05, 4.69) is 104 Å². The molecule has 1 aliphatic heterocycles. The molecule has 0 spiro atoms. The van der Waals surface area contributed by atoms with Crippen LogP contribution in [0, 0.1) is 0 Å². The Morgan fingerprint density at radius 3 is 2.00 bits per heavy atom. The summed E-state index contributed by atoms with van der Waals surface area (Å²) < 4.78 is 6.91. The first-order valence-corrected chi connectivity index (χ1v) is 11.2. The van der Waals surface area contributed by atoms with Crippen LogP contribution in [0.5, 0.6) is 0 Å². The molecular formula is C21H29N3OSi. The molecule has 4 nitrogen and oxygen atoms in total. The van der Waals surface area contributed by atoms with Crippen molar-refractivity contribution in [1.82, 2.24) is 10.3 Å². The zero-order valence-electron chi connectivity index (χ0n) is 16.2. The lowest BCUT2D eigenvalue weighted by Crippen LogP contribution is -2.67. The van der Waals surface area contributed by atoms with Gasteiger partial charge in [0.1, 0.15) is 6.67 Å². The van der Waals surface area contributed by atoms with Crippen LogP contribution < -0.4 is 15.8 Å². The lowest BCUT2D eigenvalue weighted by atomic mass is 10.2. The normalized spacial score (nSPS) is 14.9. The van der Waals surface area contributed by atoms with Gasteiger partial charge in [-0.1, -0.05) is 81.4 Å². The second-order valence-electron chi connectivity index (χ2n) is 7.65. The van der Waals surface area contributed by atoms with E-state index in [1.165, 1.54) is 10.4 Å². The minimum Gasteiger partial charge on any atom is -0.400 e. The van der Waals surface area contributed by atoms with Gasteiger partial charge in [0.25, 0.3) is 8.32 Å². The Morgan fingerprint density at radius 2 is 1.54 bits per heavy atom. The molecule has 0 saturated carbocycles. The third-order valence-electron chi connectivity index (χ3n) is 5.05. The molecule has 0 atom stereocenters. The molecule has 1 aliphatic rings. The van der Waals surface area contributed by atoms with Crippen molar-refractivity contribution in [3.05, 3.63) is 60.7 Å². The van der Waals surface area contributed by atoms with Gasteiger partial charge in [0.2, 0.25) is 0 Å². The molecule has 0 saturated heterocycles. The predicted octanol–water partition coefficient (Wildman–Crippen LogP) is 2.76. The standard InChI is InChI=1S/C21H29N3OSi/c1-5-24-17-22-23-20(24)16-25-26(21(2,3)4,18-12-8-6-9-13-18)19-14-10-7-11-15-19/h6-15,22H,5,16-17H2,1-4H3. The molecule has 2 aromatic carbocycles. The molecule has 5 heteroatoms. The van der Waals surface area contributed by atoms with Crippen LogP contribution in [-0.4, -0.2) is 38.9 Å². The fraction of sp³-hybridized carbons (Fsp3) is 0.381. The van der Waals surface area contributed by atoms with E-state index in [-0.39, 0.29) is 5.04 Å². The Bertz CT molecular complexity index is 701. The minimum atomic E-state index is -2.49. The molecule has 0 aromatic heterocycles. The van der Waals surface area contributed by atoms with Crippen molar-refractivity contribution in [1.29, 1.82) is 0 Å². The molecule has 2 aromatic rings. The fourth-order valence-electron chi connectivity index (χ4n) is 3.73. The lowest BCUT2D eigenvalue weighted by molar-refractivity contribution is 0.329. The molecule has 0 bridgehead atoms. The fourth-order valence-corrected chi connectivity index (χ4v) is 8.23. The third-order valence-corrected chi connectivity index (χ3v) is 10.0. The smallest absolute Gasteiger partial charge is 0.261 e. The molecule has 0 unspecified atom stereocenters. The second kappa shape index (κ2) is 7.64. The van der Waals surface area contributed by atoms with E-state index in [1.54, 1.807) is 0 Å². The maximum Gasteiger partial charge on any atom is 0.261 e. The van der Waals surface area contributed by atoms with Gasteiger partial charge in [-0.3, -0.25) is 5.43 Å². The van der Waals surface area contributed by atoms with Gasteiger partial charge in [-0.2, -0.15) is 5.10 Å². The molecule has 3 rings (SSSR count). The number of hydrogen-bond donors (Lipinski definition) is 1. The van der Waals surface area contributed by atoms with Gasteiger partial charge in [0.05, 0.1) is 6.61 Å². The first kappa shape index (κ1) is 18.7. The molecule has 0 fully saturated rings. The van der Waals surface area contributed by atoms with Gasteiger partial charge in [0, 0.05) is 6.54 Å². The van der Waals surface area contributed by atoms with Gasteiger partial charge >= 0.3 is 0 Å². The molecule has 0 radical (unpaired) electrons. The quantitative estimate of drug-likeness (QED) is 0.798. The summed E-state index contributed by atoms with van der Waals surface area (Å²) in [7, 11) is -2.49. The van der Waals surface area contributed by atoms with Crippen LogP contribution in [-0.2, 0) is 4.43 Å². The van der Waals surface area contributed by atoms with E-state index in [0.717, 1.165) is 19.0 Å². The van der Waals surface area contributed by atoms with Crippen LogP contribution >= 0.6 is 0 Å². The molecule has 1 heterocycles. The number of hydrazone groups is 1. The molecule has 26 heavy (non-hydrogen) atoms. The summed E-state index contributed by atoms with van der Waals surface area (Å²) in [5.41, 5.74) is 3.08. The molecule has 1 N–H and O–H groups in total. The predicted molar refractivity (Wildman–Crippen MR) is 111 cm³/mol. The Labute approximate surface area is 158 Å². The third kappa shape index (κ3) is 3.41. The average molecular weight is 368 g/mol. The zero-order valence-corrected chi connectivity index (χ0v) is 17.2. The second-order valence-corrected chi connectivity index (χ2v) is 12.0. The van der Waals surface area contributed by atoms with E-state index in [9.17, 15) is 0 Å². The summed E-state index contributed by atoms with van der Waals surface area (Å²) in [4.78, 5) is 2.22. The van der Waals surface area contributed by atoms with Crippen LogP contribution in [0.2, 0.25) is 5.04 Å². The highest BCUT2D eigenvalue weighted by atomic mass is 28.4. The number of hydrogen-bond acceptors (Lipinski definition) is 4. The van der Waals surface area contributed by atoms with Crippen molar-refractivity contribution in [2.75, 3.05) is 19.8 Å². The van der Waals surface area contributed by atoms with Crippen LogP contribution in [0.15, 0.2) is 65.8 Å². The highest BCUT2D eigenvalue weighted by molar-refractivity contribution is 6.99. The van der Waals surface area contributed by atoms with Gasteiger partial charge in [0.15, 0.2) is 5.84 Å². The number of likely N-dealkylation sites (N-methyl/N-ethyl adjacent to an activating group) is 1. The van der Waals surface area contributed by atoms with E-state index in [0.29, 0.717) is 6.61 Å². The van der Waals surface area contributed by atoms with Crippen LogP contribution in [0.1, 0.15) is 27.7 Å². The average Bonchev–Trinajstić information content (AvgIpc) is 3.10.